The minimum Gasteiger partial charge on any atom is -0.506 e. The molecule has 0 atom stereocenters. The molecule has 21 heavy (non-hydrogen) atoms. The number of halogens is 2. The van der Waals surface area contributed by atoms with Gasteiger partial charge in [-0.3, -0.25) is 4.79 Å². The van der Waals surface area contributed by atoms with Crippen molar-refractivity contribution in [2.45, 2.75) is 6.92 Å². The molecule has 1 N–H and O–H groups in total. The van der Waals surface area contributed by atoms with Crippen molar-refractivity contribution in [1.29, 1.82) is 0 Å². The molecule has 3 rings (SSSR count). The van der Waals surface area contributed by atoms with Crippen LogP contribution in [0.1, 0.15) is 21.7 Å². The highest BCUT2D eigenvalue weighted by Gasteiger charge is 2.23. The maximum Gasteiger partial charge on any atom is 0.197 e. The minimum absolute atomic E-state index is 0.0108. The first kappa shape index (κ1) is 14.0. The van der Waals surface area contributed by atoms with E-state index in [2.05, 4.69) is 0 Å². The average Bonchev–Trinajstić information content (AvgIpc) is 2.81. The number of hydrogen-bond donors (Lipinski definition) is 1. The van der Waals surface area contributed by atoms with Gasteiger partial charge in [0, 0.05) is 10.9 Å². The molecule has 0 aliphatic carbocycles. The number of phenols is 1. The maximum absolute atomic E-state index is 12.6. The lowest BCUT2D eigenvalue weighted by atomic mass is 10.0. The van der Waals surface area contributed by atoms with Crippen molar-refractivity contribution in [3.8, 4) is 5.75 Å². The third-order valence-corrected chi connectivity index (χ3v) is 4.12. The Balaban J connectivity index is 2.29. The highest BCUT2D eigenvalue weighted by atomic mass is 35.5. The largest absolute Gasteiger partial charge is 0.506 e. The molecule has 106 valence electrons. The van der Waals surface area contributed by atoms with Crippen LogP contribution in [-0.2, 0) is 0 Å². The summed E-state index contributed by atoms with van der Waals surface area (Å²) in [5, 5.41) is 10.4. The number of phenolic OH excluding ortho intramolecular Hbond substituents is 1. The zero-order valence-electron chi connectivity index (χ0n) is 11.0. The molecule has 0 amide bonds. The quantitative estimate of drug-likeness (QED) is 0.677. The Hall–Kier alpha value is -1.97. The number of ketones is 1. The summed E-state index contributed by atoms with van der Waals surface area (Å²) in [6.45, 7) is 1.68. The number of carbonyl (C=O) groups is 1. The van der Waals surface area contributed by atoms with Gasteiger partial charge in [0.25, 0.3) is 0 Å². The van der Waals surface area contributed by atoms with E-state index in [1.54, 1.807) is 31.2 Å². The van der Waals surface area contributed by atoms with Crippen molar-refractivity contribution in [2.24, 2.45) is 0 Å². The molecule has 3 aromatic rings. The molecule has 3 nitrogen and oxygen atoms in total. The van der Waals surface area contributed by atoms with E-state index in [-0.39, 0.29) is 21.6 Å². The number of fused-ring (bicyclic) bond motifs is 1. The first-order valence-corrected chi connectivity index (χ1v) is 6.96. The van der Waals surface area contributed by atoms with Gasteiger partial charge in [-0.2, -0.15) is 0 Å². The number of benzene rings is 2. The molecule has 2 aromatic carbocycles. The predicted octanol–water partition coefficient (Wildman–Crippen LogP) is 4.98. The zero-order valence-corrected chi connectivity index (χ0v) is 12.5. The number of hydrogen-bond acceptors (Lipinski definition) is 3. The minimum atomic E-state index is -0.190. The second-order valence-corrected chi connectivity index (χ2v) is 5.38. The molecule has 0 saturated carbocycles. The number of aryl methyl sites for hydroxylation is 1. The second kappa shape index (κ2) is 5.10. The van der Waals surface area contributed by atoms with E-state index < -0.39 is 0 Å². The van der Waals surface area contributed by atoms with Crippen molar-refractivity contribution in [1.82, 2.24) is 0 Å². The summed E-state index contributed by atoms with van der Waals surface area (Å²) in [6.07, 6.45) is 0. The first-order chi connectivity index (χ1) is 10.0. The summed E-state index contributed by atoms with van der Waals surface area (Å²) < 4.78 is 5.56. The lowest BCUT2D eigenvalue weighted by Crippen LogP contribution is -2.01. The summed E-state index contributed by atoms with van der Waals surface area (Å²) in [5.41, 5.74) is 1.22. The number of furan rings is 1. The standard InChI is InChI=1S/C16H10Cl2O3/c1-8-12(15(20)9-5-3-2-4-6-9)10-7-11(19)13(17)14(18)16(10)21-8/h2-7,19H,1H3. The molecule has 0 bridgehead atoms. The molecular weight excluding hydrogens is 311 g/mol. The van der Waals surface area contributed by atoms with Crippen LogP contribution in [0.3, 0.4) is 0 Å². The van der Waals surface area contributed by atoms with Crippen molar-refractivity contribution in [2.75, 3.05) is 0 Å². The fourth-order valence-electron chi connectivity index (χ4n) is 2.29. The smallest absolute Gasteiger partial charge is 0.197 e. The highest BCUT2D eigenvalue weighted by molar-refractivity contribution is 6.46. The van der Waals surface area contributed by atoms with E-state index in [0.717, 1.165) is 0 Å². The summed E-state index contributed by atoms with van der Waals surface area (Å²) in [7, 11) is 0. The van der Waals surface area contributed by atoms with Crippen LogP contribution >= 0.6 is 23.2 Å². The van der Waals surface area contributed by atoms with Crippen molar-refractivity contribution in [3.63, 3.8) is 0 Å². The zero-order chi connectivity index (χ0) is 15.1. The van der Waals surface area contributed by atoms with Gasteiger partial charge in [0.2, 0.25) is 0 Å². The summed E-state index contributed by atoms with van der Waals surface area (Å²) in [5.74, 6) is 0.0594. The molecule has 0 aliphatic rings. The molecule has 5 heteroatoms. The van der Waals surface area contributed by atoms with Crippen LogP contribution in [0.5, 0.6) is 5.75 Å². The Kier molecular flexibility index (Phi) is 3.40. The third-order valence-electron chi connectivity index (χ3n) is 3.28. The molecule has 0 radical (unpaired) electrons. The molecule has 0 unspecified atom stereocenters. The highest BCUT2D eigenvalue weighted by Crippen LogP contribution is 2.41. The fraction of sp³-hybridized carbons (Fsp3) is 0.0625. The normalized spacial score (nSPS) is 11.0. The van der Waals surface area contributed by atoms with Crippen LogP contribution in [0.25, 0.3) is 11.0 Å². The number of aromatic hydroxyl groups is 1. The molecule has 1 heterocycles. The van der Waals surface area contributed by atoms with Gasteiger partial charge in [0.15, 0.2) is 11.4 Å². The third kappa shape index (κ3) is 2.19. The monoisotopic (exact) mass is 320 g/mol. The van der Waals surface area contributed by atoms with E-state index in [9.17, 15) is 9.90 Å². The second-order valence-electron chi connectivity index (χ2n) is 4.63. The maximum atomic E-state index is 12.6. The van der Waals surface area contributed by atoms with Gasteiger partial charge in [-0.05, 0) is 13.0 Å². The Morgan fingerprint density at radius 1 is 1.14 bits per heavy atom. The van der Waals surface area contributed by atoms with Crippen LogP contribution in [0.15, 0.2) is 40.8 Å². The van der Waals surface area contributed by atoms with Crippen molar-refractivity contribution < 1.29 is 14.3 Å². The van der Waals surface area contributed by atoms with E-state index >= 15 is 0 Å². The average molecular weight is 321 g/mol. The van der Waals surface area contributed by atoms with Crippen LogP contribution in [0, 0.1) is 6.92 Å². The molecule has 0 saturated heterocycles. The van der Waals surface area contributed by atoms with E-state index in [0.29, 0.717) is 27.9 Å². The van der Waals surface area contributed by atoms with E-state index in [4.69, 9.17) is 27.6 Å². The molecule has 0 aliphatic heterocycles. The van der Waals surface area contributed by atoms with Crippen LogP contribution in [0.2, 0.25) is 10.0 Å². The molecule has 0 fully saturated rings. The van der Waals surface area contributed by atoms with Gasteiger partial charge < -0.3 is 9.52 Å². The lowest BCUT2D eigenvalue weighted by molar-refractivity contribution is 0.103. The first-order valence-electron chi connectivity index (χ1n) is 6.20. The van der Waals surface area contributed by atoms with Crippen LogP contribution < -0.4 is 0 Å². The Bertz CT molecular complexity index is 851. The van der Waals surface area contributed by atoms with Gasteiger partial charge in [0.05, 0.1) is 5.56 Å². The van der Waals surface area contributed by atoms with E-state index in [1.807, 2.05) is 6.07 Å². The van der Waals surface area contributed by atoms with Crippen LogP contribution in [0.4, 0.5) is 0 Å². The lowest BCUT2D eigenvalue weighted by Gasteiger charge is -2.02. The number of carbonyl (C=O) groups excluding carboxylic acids is 1. The number of rotatable bonds is 2. The summed E-state index contributed by atoms with van der Waals surface area (Å²) in [4.78, 5) is 12.6. The van der Waals surface area contributed by atoms with E-state index in [1.165, 1.54) is 6.07 Å². The van der Waals surface area contributed by atoms with Gasteiger partial charge in [0.1, 0.15) is 21.6 Å². The molecular formula is C16H10Cl2O3. The Morgan fingerprint density at radius 2 is 1.81 bits per heavy atom. The van der Waals surface area contributed by atoms with Gasteiger partial charge in [-0.1, -0.05) is 53.5 Å². The summed E-state index contributed by atoms with van der Waals surface area (Å²) in [6, 6.07) is 10.2. The Morgan fingerprint density at radius 3 is 2.48 bits per heavy atom. The van der Waals surface area contributed by atoms with Crippen LogP contribution in [-0.4, -0.2) is 10.9 Å². The predicted molar refractivity (Wildman–Crippen MR) is 82.5 cm³/mol. The summed E-state index contributed by atoms with van der Waals surface area (Å²) >= 11 is 12.0. The van der Waals surface area contributed by atoms with Gasteiger partial charge in [-0.15, -0.1) is 0 Å². The Labute approximate surface area is 130 Å². The molecule has 0 spiro atoms. The van der Waals surface area contributed by atoms with Crippen molar-refractivity contribution in [3.05, 3.63) is 63.3 Å². The topological polar surface area (TPSA) is 50.4 Å². The SMILES string of the molecule is Cc1oc2c(Cl)c(Cl)c(O)cc2c1C(=O)c1ccccc1. The fourth-order valence-corrected chi connectivity index (χ4v) is 2.67. The van der Waals surface area contributed by atoms with Gasteiger partial charge in [-0.25, -0.2) is 0 Å². The molecule has 1 aromatic heterocycles. The van der Waals surface area contributed by atoms with Crippen molar-refractivity contribution >= 4 is 40.0 Å². The van der Waals surface area contributed by atoms with Gasteiger partial charge >= 0.3 is 0 Å².